The van der Waals surface area contributed by atoms with Crippen LogP contribution in [0.2, 0.25) is 0 Å². The molecule has 4 heteroatoms. The van der Waals surface area contributed by atoms with E-state index in [0.717, 1.165) is 29.4 Å². The second-order valence-electron chi connectivity index (χ2n) is 5.81. The summed E-state index contributed by atoms with van der Waals surface area (Å²) in [6, 6.07) is 8.42. The van der Waals surface area contributed by atoms with E-state index in [1.807, 2.05) is 19.2 Å². The van der Waals surface area contributed by atoms with Crippen LogP contribution in [0.5, 0.6) is 5.75 Å². The number of hydrogen-bond acceptors (Lipinski definition) is 4. The first-order valence-electron chi connectivity index (χ1n) is 7.36. The van der Waals surface area contributed by atoms with Crippen molar-refractivity contribution >= 4 is 11.3 Å². The van der Waals surface area contributed by atoms with Crippen LogP contribution < -0.4 is 10.1 Å². The van der Waals surface area contributed by atoms with Crippen LogP contribution in [0.1, 0.15) is 43.5 Å². The van der Waals surface area contributed by atoms with Crippen molar-refractivity contribution in [3.8, 4) is 5.75 Å². The van der Waals surface area contributed by atoms with Crippen LogP contribution in [0, 0.1) is 0 Å². The molecule has 0 saturated carbocycles. The molecular weight excluding hydrogens is 280 g/mol. The van der Waals surface area contributed by atoms with E-state index in [0.29, 0.717) is 6.61 Å². The second-order valence-corrected chi connectivity index (χ2v) is 6.76. The summed E-state index contributed by atoms with van der Waals surface area (Å²) >= 11 is 1.66. The molecule has 1 N–H and O–H groups in total. The highest BCUT2D eigenvalue weighted by atomic mass is 32.1. The van der Waals surface area contributed by atoms with Gasteiger partial charge >= 0.3 is 0 Å². The van der Waals surface area contributed by atoms with Crippen molar-refractivity contribution in [1.82, 2.24) is 10.3 Å². The SMILES string of the molecule is CCC(C)(C)c1ccc(OCc2csc(CNC)n2)cc1. The van der Waals surface area contributed by atoms with Gasteiger partial charge in [-0.15, -0.1) is 11.3 Å². The molecule has 0 saturated heterocycles. The Morgan fingerprint density at radius 2 is 1.95 bits per heavy atom. The number of rotatable bonds is 7. The van der Waals surface area contributed by atoms with Gasteiger partial charge in [0.05, 0.1) is 5.69 Å². The fraction of sp³-hybridized carbons (Fsp3) is 0.471. The summed E-state index contributed by atoms with van der Waals surface area (Å²) in [5.74, 6) is 0.897. The molecule has 2 rings (SSSR count). The molecule has 0 spiro atoms. The van der Waals surface area contributed by atoms with E-state index in [1.165, 1.54) is 5.56 Å². The third-order valence-electron chi connectivity index (χ3n) is 3.83. The highest BCUT2D eigenvalue weighted by Crippen LogP contribution is 2.28. The summed E-state index contributed by atoms with van der Waals surface area (Å²) < 4.78 is 5.81. The predicted octanol–water partition coefficient (Wildman–Crippen LogP) is 4.13. The standard InChI is InChI=1S/C17H24N2OS/c1-5-17(2,3)13-6-8-15(9-7-13)20-11-14-12-21-16(19-14)10-18-4/h6-9,12,18H,5,10-11H2,1-4H3. The smallest absolute Gasteiger partial charge is 0.131 e. The Hall–Kier alpha value is -1.39. The number of hydrogen-bond donors (Lipinski definition) is 1. The molecule has 1 heterocycles. The summed E-state index contributed by atoms with van der Waals surface area (Å²) in [5, 5.41) is 6.25. The molecule has 0 aliphatic heterocycles. The Morgan fingerprint density at radius 3 is 2.57 bits per heavy atom. The second kappa shape index (κ2) is 7.05. The van der Waals surface area contributed by atoms with E-state index < -0.39 is 0 Å². The zero-order chi connectivity index (χ0) is 15.3. The van der Waals surface area contributed by atoms with E-state index in [4.69, 9.17) is 4.74 Å². The largest absolute Gasteiger partial charge is 0.487 e. The maximum atomic E-state index is 5.81. The minimum atomic E-state index is 0.218. The molecule has 21 heavy (non-hydrogen) atoms. The molecule has 1 aromatic heterocycles. The fourth-order valence-electron chi connectivity index (χ4n) is 2.01. The van der Waals surface area contributed by atoms with Crippen molar-refractivity contribution < 1.29 is 4.74 Å². The molecule has 3 nitrogen and oxygen atoms in total. The summed E-state index contributed by atoms with van der Waals surface area (Å²) in [7, 11) is 1.93. The molecule has 0 unspecified atom stereocenters. The molecule has 0 aliphatic rings. The van der Waals surface area contributed by atoms with E-state index in [-0.39, 0.29) is 5.41 Å². The number of benzene rings is 1. The minimum absolute atomic E-state index is 0.218. The Labute approximate surface area is 131 Å². The van der Waals surface area contributed by atoms with Crippen molar-refractivity contribution in [1.29, 1.82) is 0 Å². The monoisotopic (exact) mass is 304 g/mol. The molecule has 1 aromatic carbocycles. The molecule has 114 valence electrons. The first kappa shape index (κ1) is 16.0. The van der Waals surface area contributed by atoms with Gasteiger partial charge in [0.1, 0.15) is 17.4 Å². The van der Waals surface area contributed by atoms with Crippen molar-refractivity contribution in [3.05, 3.63) is 45.9 Å². The van der Waals surface area contributed by atoms with Crippen LogP contribution in [0.3, 0.4) is 0 Å². The molecule has 2 aromatic rings. The van der Waals surface area contributed by atoms with E-state index in [9.17, 15) is 0 Å². The van der Waals surface area contributed by atoms with E-state index in [2.05, 4.69) is 48.6 Å². The number of aromatic nitrogens is 1. The lowest BCUT2D eigenvalue weighted by molar-refractivity contribution is 0.301. The van der Waals surface area contributed by atoms with Crippen molar-refractivity contribution in [2.75, 3.05) is 7.05 Å². The fourth-order valence-corrected chi connectivity index (χ4v) is 2.80. The number of nitrogens with one attached hydrogen (secondary N) is 1. The average molecular weight is 304 g/mol. The average Bonchev–Trinajstić information content (AvgIpc) is 2.94. The molecule has 0 radical (unpaired) electrons. The summed E-state index contributed by atoms with van der Waals surface area (Å²) in [5.41, 5.74) is 2.56. The van der Waals surface area contributed by atoms with Gasteiger partial charge in [0.2, 0.25) is 0 Å². The normalized spacial score (nSPS) is 11.6. The van der Waals surface area contributed by atoms with Gasteiger partial charge in [-0.05, 0) is 36.6 Å². The van der Waals surface area contributed by atoms with Gasteiger partial charge in [-0.3, -0.25) is 0 Å². The lowest BCUT2D eigenvalue weighted by Crippen LogP contribution is -2.15. The number of thiazole rings is 1. The third-order valence-corrected chi connectivity index (χ3v) is 4.73. The Kier molecular flexibility index (Phi) is 5.37. The zero-order valence-electron chi connectivity index (χ0n) is 13.3. The van der Waals surface area contributed by atoms with Gasteiger partial charge in [-0.2, -0.15) is 0 Å². The van der Waals surface area contributed by atoms with E-state index >= 15 is 0 Å². The maximum Gasteiger partial charge on any atom is 0.131 e. The lowest BCUT2D eigenvalue weighted by Gasteiger charge is -2.23. The van der Waals surface area contributed by atoms with Crippen LogP contribution in [0.4, 0.5) is 0 Å². The van der Waals surface area contributed by atoms with Crippen molar-refractivity contribution in [2.45, 2.75) is 45.8 Å². The topological polar surface area (TPSA) is 34.1 Å². The first-order valence-corrected chi connectivity index (χ1v) is 8.24. The van der Waals surface area contributed by atoms with Crippen molar-refractivity contribution in [2.24, 2.45) is 0 Å². The Balaban J connectivity index is 1.94. The third kappa shape index (κ3) is 4.29. The van der Waals surface area contributed by atoms with Crippen LogP contribution in [0.15, 0.2) is 29.6 Å². The molecule has 0 amide bonds. The van der Waals surface area contributed by atoms with Gasteiger partial charge in [0.15, 0.2) is 0 Å². The van der Waals surface area contributed by atoms with Crippen LogP contribution in [-0.4, -0.2) is 12.0 Å². The molecule has 0 bridgehead atoms. The predicted molar refractivity (Wildman–Crippen MR) is 89.0 cm³/mol. The highest BCUT2D eigenvalue weighted by Gasteiger charge is 2.17. The summed E-state index contributed by atoms with van der Waals surface area (Å²) in [6.45, 7) is 8.08. The number of ether oxygens (including phenoxy) is 1. The van der Waals surface area contributed by atoms with Gasteiger partial charge in [0.25, 0.3) is 0 Å². The highest BCUT2D eigenvalue weighted by molar-refractivity contribution is 7.09. The summed E-state index contributed by atoms with van der Waals surface area (Å²) in [6.07, 6.45) is 1.13. The molecule has 0 fully saturated rings. The van der Waals surface area contributed by atoms with Gasteiger partial charge < -0.3 is 10.1 Å². The summed E-state index contributed by atoms with van der Waals surface area (Å²) in [4.78, 5) is 4.52. The molecule has 0 atom stereocenters. The van der Waals surface area contributed by atoms with E-state index in [1.54, 1.807) is 11.3 Å². The molecular formula is C17H24N2OS. The lowest BCUT2D eigenvalue weighted by atomic mass is 9.82. The number of nitrogens with zero attached hydrogens (tertiary/aromatic N) is 1. The Morgan fingerprint density at radius 1 is 1.24 bits per heavy atom. The van der Waals surface area contributed by atoms with Crippen molar-refractivity contribution in [3.63, 3.8) is 0 Å². The van der Waals surface area contributed by atoms with Crippen LogP contribution >= 0.6 is 11.3 Å². The maximum absolute atomic E-state index is 5.81. The van der Waals surface area contributed by atoms with Crippen LogP contribution in [0.25, 0.3) is 0 Å². The van der Waals surface area contributed by atoms with Gasteiger partial charge in [-0.1, -0.05) is 32.9 Å². The quantitative estimate of drug-likeness (QED) is 0.835. The zero-order valence-corrected chi connectivity index (χ0v) is 14.1. The van der Waals surface area contributed by atoms with Gasteiger partial charge in [-0.25, -0.2) is 4.98 Å². The molecule has 0 aliphatic carbocycles. The van der Waals surface area contributed by atoms with Crippen LogP contribution in [-0.2, 0) is 18.6 Å². The Bertz CT molecular complexity index is 560. The van der Waals surface area contributed by atoms with Gasteiger partial charge in [0, 0.05) is 11.9 Å². The first-order chi connectivity index (χ1) is 10.0. The minimum Gasteiger partial charge on any atom is -0.487 e.